The van der Waals surface area contributed by atoms with Crippen LogP contribution in [0.25, 0.3) is 0 Å². The molecule has 0 atom stereocenters. The summed E-state index contributed by atoms with van der Waals surface area (Å²) in [4.78, 5) is 11.2. The van der Waals surface area contributed by atoms with Gasteiger partial charge in [-0.15, -0.1) is 10.2 Å². The van der Waals surface area contributed by atoms with E-state index < -0.39 is 5.82 Å². The molecule has 1 aromatic carbocycles. The molecule has 0 saturated heterocycles. The topological polar surface area (TPSA) is 66.2 Å². The zero-order valence-corrected chi connectivity index (χ0v) is 14.2. The van der Waals surface area contributed by atoms with Crippen molar-refractivity contribution in [3.63, 3.8) is 0 Å². The first-order valence-corrected chi connectivity index (χ1v) is 8.11. The van der Waals surface area contributed by atoms with Crippen LogP contribution in [-0.2, 0) is 22.7 Å². The fourth-order valence-corrected chi connectivity index (χ4v) is 2.77. The van der Waals surface area contributed by atoms with Gasteiger partial charge in [0, 0.05) is 12.6 Å². The second kappa shape index (κ2) is 8.16. The quantitative estimate of drug-likeness (QED) is 0.559. The number of rotatable bonds is 7. The maximum absolute atomic E-state index is 13.1. The SMILES string of the molecule is CCn1c(COc2ccc(F)c(Cl)c2)nnc1SCC(=O)OC. The molecule has 0 N–H and O–H groups in total. The second-order valence-electron chi connectivity index (χ2n) is 4.37. The fraction of sp³-hybridized carbons (Fsp3) is 0.357. The number of hydrogen-bond donors (Lipinski definition) is 0. The van der Waals surface area contributed by atoms with Gasteiger partial charge in [-0.1, -0.05) is 23.4 Å². The molecule has 0 amide bonds. The molecule has 23 heavy (non-hydrogen) atoms. The first-order valence-electron chi connectivity index (χ1n) is 6.74. The number of halogens is 2. The van der Waals surface area contributed by atoms with Gasteiger partial charge >= 0.3 is 5.97 Å². The molecule has 0 radical (unpaired) electrons. The molecule has 0 aliphatic carbocycles. The van der Waals surface area contributed by atoms with Gasteiger partial charge in [0.2, 0.25) is 0 Å². The lowest BCUT2D eigenvalue weighted by atomic mass is 10.3. The zero-order valence-electron chi connectivity index (χ0n) is 12.6. The molecule has 2 rings (SSSR count). The maximum atomic E-state index is 13.1. The summed E-state index contributed by atoms with van der Waals surface area (Å²) >= 11 is 6.95. The Morgan fingerprint density at radius 3 is 2.87 bits per heavy atom. The van der Waals surface area contributed by atoms with Crippen molar-refractivity contribution in [3.8, 4) is 5.75 Å². The summed E-state index contributed by atoms with van der Waals surface area (Å²) in [5.41, 5.74) is 0. The summed E-state index contributed by atoms with van der Waals surface area (Å²) in [6.07, 6.45) is 0. The van der Waals surface area contributed by atoms with E-state index in [-0.39, 0.29) is 23.4 Å². The van der Waals surface area contributed by atoms with Gasteiger partial charge in [-0.05, 0) is 19.1 Å². The third-order valence-electron chi connectivity index (χ3n) is 2.92. The van der Waals surface area contributed by atoms with Gasteiger partial charge in [-0.3, -0.25) is 4.79 Å². The first kappa shape index (κ1) is 17.6. The molecule has 124 valence electrons. The number of ether oxygens (including phenoxy) is 2. The molecule has 6 nitrogen and oxygen atoms in total. The van der Waals surface area contributed by atoms with Gasteiger partial charge in [0.15, 0.2) is 11.0 Å². The summed E-state index contributed by atoms with van der Waals surface area (Å²) in [5, 5.41) is 8.69. The van der Waals surface area contributed by atoms with Crippen molar-refractivity contribution >= 4 is 29.3 Å². The normalized spacial score (nSPS) is 10.6. The highest BCUT2D eigenvalue weighted by Gasteiger charge is 2.14. The third kappa shape index (κ3) is 4.59. The first-order chi connectivity index (χ1) is 11.0. The summed E-state index contributed by atoms with van der Waals surface area (Å²) in [6, 6.07) is 4.12. The van der Waals surface area contributed by atoms with Crippen molar-refractivity contribution < 1.29 is 18.7 Å². The summed E-state index contributed by atoms with van der Waals surface area (Å²) < 4.78 is 25.1. The van der Waals surface area contributed by atoms with Crippen molar-refractivity contribution in [2.75, 3.05) is 12.9 Å². The molecule has 0 spiro atoms. The van der Waals surface area contributed by atoms with Gasteiger partial charge in [0.25, 0.3) is 0 Å². The second-order valence-corrected chi connectivity index (χ2v) is 5.72. The van der Waals surface area contributed by atoms with Crippen LogP contribution in [0.2, 0.25) is 5.02 Å². The Bertz CT molecular complexity index is 696. The highest BCUT2D eigenvalue weighted by molar-refractivity contribution is 7.99. The minimum absolute atomic E-state index is 0.00576. The average Bonchev–Trinajstić information content (AvgIpc) is 2.95. The highest BCUT2D eigenvalue weighted by Crippen LogP contribution is 2.22. The molecule has 0 unspecified atom stereocenters. The van der Waals surface area contributed by atoms with Crippen LogP contribution >= 0.6 is 23.4 Å². The summed E-state index contributed by atoms with van der Waals surface area (Å²) in [6.45, 7) is 2.71. The van der Waals surface area contributed by atoms with Crippen LogP contribution in [0.1, 0.15) is 12.7 Å². The molecule has 0 aliphatic heterocycles. The number of benzene rings is 1. The minimum Gasteiger partial charge on any atom is -0.486 e. The molecule has 0 bridgehead atoms. The lowest BCUT2D eigenvalue weighted by Crippen LogP contribution is -2.08. The Morgan fingerprint density at radius 2 is 2.22 bits per heavy atom. The number of carbonyl (C=O) groups is 1. The van der Waals surface area contributed by atoms with E-state index in [0.29, 0.717) is 23.3 Å². The van der Waals surface area contributed by atoms with Crippen LogP contribution in [0.4, 0.5) is 4.39 Å². The van der Waals surface area contributed by atoms with Crippen molar-refractivity contribution in [1.29, 1.82) is 0 Å². The van der Waals surface area contributed by atoms with E-state index in [0.717, 1.165) is 0 Å². The summed E-state index contributed by atoms with van der Waals surface area (Å²) in [7, 11) is 1.33. The van der Waals surface area contributed by atoms with E-state index in [1.807, 2.05) is 11.5 Å². The number of carbonyl (C=O) groups excluding carboxylic acids is 1. The van der Waals surface area contributed by atoms with Gasteiger partial charge in [0.1, 0.15) is 18.2 Å². The Balaban J connectivity index is 2.03. The molecule has 2 aromatic rings. The lowest BCUT2D eigenvalue weighted by Gasteiger charge is -2.09. The zero-order chi connectivity index (χ0) is 16.8. The smallest absolute Gasteiger partial charge is 0.316 e. The largest absolute Gasteiger partial charge is 0.486 e. The fourth-order valence-electron chi connectivity index (χ4n) is 1.75. The number of esters is 1. The maximum Gasteiger partial charge on any atom is 0.316 e. The summed E-state index contributed by atoms with van der Waals surface area (Å²) in [5.74, 6) is 0.353. The van der Waals surface area contributed by atoms with Crippen molar-refractivity contribution in [2.24, 2.45) is 0 Å². The molecular weight excluding hydrogens is 345 g/mol. The molecule has 0 fully saturated rings. The molecule has 9 heteroatoms. The predicted molar refractivity (Wildman–Crippen MR) is 84.2 cm³/mol. The Hall–Kier alpha value is -1.80. The van der Waals surface area contributed by atoms with E-state index in [9.17, 15) is 9.18 Å². The van der Waals surface area contributed by atoms with Gasteiger partial charge in [-0.25, -0.2) is 4.39 Å². The standard InChI is InChI=1S/C14H15ClFN3O3S/c1-3-19-12(17-18-14(19)23-8-13(20)21-2)7-22-9-4-5-11(16)10(15)6-9/h4-6H,3,7-8H2,1-2H3. The molecular formula is C14H15ClFN3O3S. The van der Waals surface area contributed by atoms with Crippen LogP contribution in [-0.4, -0.2) is 33.6 Å². The van der Waals surface area contributed by atoms with Crippen LogP contribution in [0.15, 0.2) is 23.4 Å². The predicted octanol–water partition coefficient (Wildman–Crippen LogP) is 2.93. The Kier molecular flexibility index (Phi) is 6.23. The van der Waals surface area contributed by atoms with E-state index in [1.165, 1.54) is 37.1 Å². The number of methoxy groups -OCH3 is 1. The molecule has 1 aromatic heterocycles. The van der Waals surface area contributed by atoms with Crippen molar-refractivity contribution in [2.45, 2.75) is 25.2 Å². The van der Waals surface area contributed by atoms with Gasteiger partial charge < -0.3 is 14.0 Å². The number of hydrogen-bond acceptors (Lipinski definition) is 6. The molecule has 1 heterocycles. The monoisotopic (exact) mass is 359 g/mol. The lowest BCUT2D eigenvalue weighted by molar-refractivity contribution is -0.137. The third-order valence-corrected chi connectivity index (χ3v) is 4.15. The molecule has 0 saturated carbocycles. The van der Waals surface area contributed by atoms with Crippen LogP contribution in [0, 0.1) is 5.82 Å². The van der Waals surface area contributed by atoms with E-state index in [1.54, 1.807) is 0 Å². The average molecular weight is 360 g/mol. The number of nitrogens with zero attached hydrogens (tertiary/aromatic N) is 3. The van der Waals surface area contributed by atoms with Gasteiger partial charge in [-0.2, -0.15) is 0 Å². The minimum atomic E-state index is -0.503. The Morgan fingerprint density at radius 1 is 1.43 bits per heavy atom. The van der Waals surface area contributed by atoms with E-state index >= 15 is 0 Å². The van der Waals surface area contributed by atoms with Gasteiger partial charge in [0.05, 0.1) is 17.9 Å². The van der Waals surface area contributed by atoms with Crippen molar-refractivity contribution in [1.82, 2.24) is 14.8 Å². The van der Waals surface area contributed by atoms with Crippen LogP contribution in [0.3, 0.4) is 0 Å². The number of aromatic nitrogens is 3. The highest BCUT2D eigenvalue weighted by atomic mass is 35.5. The number of thioether (sulfide) groups is 1. The van der Waals surface area contributed by atoms with Crippen molar-refractivity contribution in [3.05, 3.63) is 34.9 Å². The van der Waals surface area contributed by atoms with E-state index in [4.69, 9.17) is 16.3 Å². The molecule has 0 aliphatic rings. The Labute approximate surface area is 141 Å². The van der Waals surface area contributed by atoms with Crippen LogP contribution < -0.4 is 4.74 Å². The van der Waals surface area contributed by atoms with E-state index in [2.05, 4.69) is 14.9 Å². The van der Waals surface area contributed by atoms with Crippen LogP contribution in [0.5, 0.6) is 5.75 Å².